The maximum Gasteiger partial charge on any atom is 0.417 e. The predicted octanol–water partition coefficient (Wildman–Crippen LogP) is 4.07. The van der Waals surface area contributed by atoms with Gasteiger partial charge in [-0.2, -0.15) is 13.2 Å². The van der Waals surface area contributed by atoms with Crippen LogP contribution in [0.1, 0.15) is 31.0 Å². The Labute approximate surface area is 139 Å². The van der Waals surface area contributed by atoms with Gasteiger partial charge in [0.25, 0.3) is 5.89 Å². The first-order valence-electron chi connectivity index (χ1n) is 7.51. The standard InChI is InChI=1S/C16H12F3N5O/c1-8(2)11-5-10(16(17,18)19)9-3-4-13-21-12(15-23-20-7-25-15)6-24(13)14(9)22-11/h3-8H,1-2H3. The van der Waals surface area contributed by atoms with Gasteiger partial charge in [-0.05, 0) is 24.1 Å². The van der Waals surface area contributed by atoms with Gasteiger partial charge in [-0.25, -0.2) is 9.97 Å². The van der Waals surface area contributed by atoms with Crippen LogP contribution in [-0.4, -0.2) is 24.6 Å². The summed E-state index contributed by atoms with van der Waals surface area (Å²) in [6.45, 7) is 3.60. The van der Waals surface area contributed by atoms with Crippen molar-refractivity contribution in [1.82, 2.24) is 24.6 Å². The van der Waals surface area contributed by atoms with Gasteiger partial charge in [0.2, 0.25) is 6.39 Å². The maximum atomic E-state index is 13.5. The number of rotatable bonds is 2. The van der Waals surface area contributed by atoms with Crippen LogP contribution in [0, 0.1) is 0 Å². The van der Waals surface area contributed by atoms with E-state index in [1.807, 2.05) is 0 Å². The number of pyridine rings is 2. The summed E-state index contributed by atoms with van der Waals surface area (Å²) in [5, 5.41) is 7.37. The molecule has 0 atom stereocenters. The Bertz CT molecular complexity index is 1070. The van der Waals surface area contributed by atoms with Crippen molar-refractivity contribution in [2.24, 2.45) is 0 Å². The van der Waals surface area contributed by atoms with E-state index >= 15 is 0 Å². The largest absolute Gasteiger partial charge is 0.422 e. The summed E-state index contributed by atoms with van der Waals surface area (Å²) in [7, 11) is 0. The van der Waals surface area contributed by atoms with Crippen LogP contribution in [0.3, 0.4) is 0 Å². The van der Waals surface area contributed by atoms with Crippen LogP contribution < -0.4 is 0 Å². The average Bonchev–Trinajstić information content (AvgIpc) is 3.21. The third-order valence-corrected chi connectivity index (χ3v) is 3.89. The lowest BCUT2D eigenvalue weighted by Gasteiger charge is -2.14. The Balaban J connectivity index is 2.07. The van der Waals surface area contributed by atoms with Crippen molar-refractivity contribution in [2.75, 3.05) is 0 Å². The zero-order valence-electron chi connectivity index (χ0n) is 13.2. The monoisotopic (exact) mass is 347 g/mol. The van der Waals surface area contributed by atoms with Crippen LogP contribution in [0.25, 0.3) is 28.3 Å². The van der Waals surface area contributed by atoms with Gasteiger partial charge < -0.3 is 4.42 Å². The zero-order valence-corrected chi connectivity index (χ0v) is 13.2. The van der Waals surface area contributed by atoms with Crippen molar-refractivity contribution in [2.45, 2.75) is 25.9 Å². The smallest absolute Gasteiger partial charge is 0.417 e. The fraction of sp³-hybridized carbons (Fsp3) is 0.250. The highest BCUT2D eigenvalue weighted by Crippen LogP contribution is 2.36. The van der Waals surface area contributed by atoms with Crippen LogP contribution in [0.4, 0.5) is 13.2 Å². The van der Waals surface area contributed by atoms with Crippen molar-refractivity contribution in [3.8, 4) is 11.6 Å². The van der Waals surface area contributed by atoms with Gasteiger partial charge in [0.05, 0.1) is 5.56 Å². The number of aromatic nitrogens is 5. The number of hydrogen-bond acceptors (Lipinski definition) is 5. The molecular weight excluding hydrogens is 335 g/mol. The summed E-state index contributed by atoms with van der Waals surface area (Å²) in [6, 6.07) is 4.00. The number of halogens is 3. The van der Waals surface area contributed by atoms with E-state index in [0.29, 0.717) is 17.0 Å². The van der Waals surface area contributed by atoms with E-state index in [2.05, 4.69) is 20.2 Å². The van der Waals surface area contributed by atoms with E-state index in [4.69, 9.17) is 4.42 Å². The highest BCUT2D eigenvalue weighted by molar-refractivity contribution is 5.83. The predicted molar refractivity (Wildman–Crippen MR) is 82.9 cm³/mol. The minimum Gasteiger partial charge on any atom is -0.422 e. The van der Waals surface area contributed by atoms with Crippen molar-refractivity contribution in [1.29, 1.82) is 0 Å². The molecule has 0 amide bonds. The SMILES string of the molecule is CC(C)c1cc(C(F)(F)F)c2ccc3nc(-c4nnco4)cn3c2n1. The van der Waals surface area contributed by atoms with Gasteiger partial charge in [0.15, 0.2) is 0 Å². The molecule has 0 saturated heterocycles. The normalized spacial score (nSPS) is 12.6. The summed E-state index contributed by atoms with van der Waals surface area (Å²) in [5.74, 6) is 0.0348. The summed E-state index contributed by atoms with van der Waals surface area (Å²) in [5.41, 5.74) is 0.656. The average molecular weight is 347 g/mol. The molecule has 0 aromatic carbocycles. The number of alkyl halides is 3. The Kier molecular flexibility index (Phi) is 3.28. The Morgan fingerprint density at radius 2 is 1.96 bits per heavy atom. The van der Waals surface area contributed by atoms with Gasteiger partial charge in [0.1, 0.15) is 17.0 Å². The van der Waals surface area contributed by atoms with E-state index in [1.165, 1.54) is 16.5 Å². The molecule has 0 aliphatic heterocycles. The molecule has 9 heteroatoms. The Morgan fingerprint density at radius 1 is 1.16 bits per heavy atom. The van der Waals surface area contributed by atoms with E-state index in [9.17, 15) is 13.2 Å². The van der Waals surface area contributed by atoms with E-state index in [1.54, 1.807) is 20.0 Å². The topological polar surface area (TPSA) is 69.1 Å². The molecule has 4 heterocycles. The van der Waals surface area contributed by atoms with Crippen LogP contribution in [0.2, 0.25) is 0 Å². The third-order valence-electron chi connectivity index (χ3n) is 3.89. The van der Waals surface area contributed by atoms with Gasteiger partial charge in [-0.3, -0.25) is 4.40 Å². The van der Waals surface area contributed by atoms with Gasteiger partial charge in [-0.1, -0.05) is 13.8 Å². The number of hydrogen-bond donors (Lipinski definition) is 0. The van der Waals surface area contributed by atoms with E-state index in [0.717, 1.165) is 12.5 Å². The molecule has 0 spiro atoms. The molecule has 4 aromatic rings. The van der Waals surface area contributed by atoms with Crippen LogP contribution in [-0.2, 0) is 6.18 Å². The third kappa shape index (κ3) is 2.51. The lowest BCUT2D eigenvalue weighted by Crippen LogP contribution is -2.10. The Morgan fingerprint density at radius 3 is 2.60 bits per heavy atom. The minimum atomic E-state index is -4.48. The van der Waals surface area contributed by atoms with Crippen molar-refractivity contribution in [3.63, 3.8) is 0 Å². The second-order valence-electron chi connectivity index (χ2n) is 5.92. The molecule has 0 bridgehead atoms. The highest BCUT2D eigenvalue weighted by atomic mass is 19.4. The summed E-state index contributed by atoms with van der Waals surface area (Å²) < 4.78 is 47.1. The van der Waals surface area contributed by atoms with Gasteiger partial charge in [-0.15, -0.1) is 10.2 Å². The van der Waals surface area contributed by atoms with Crippen LogP contribution >= 0.6 is 0 Å². The highest BCUT2D eigenvalue weighted by Gasteiger charge is 2.34. The van der Waals surface area contributed by atoms with Crippen molar-refractivity contribution >= 4 is 16.7 Å². The number of imidazole rings is 1. The quantitative estimate of drug-likeness (QED) is 0.547. The molecule has 0 saturated carbocycles. The lowest BCUT2D eigenvalue weighted by molar-refractivity contribution is -0.136. The molecule has 0 N–H and O–H groups in total. The summed E-state index contributed by atoms with van der Waals surface area (Å²) >= 11 is 0. The van der Waals surface area contributed by atoms with Gasteiger partial charge >= 0.3 is 6.18 Å². The number of fused-ring (bicyclic) bond motifs is 3. The van der Waals surface area contributed by atoms with Gasteiger partial charge in [0, 0.05) is 17.3 Å². The second kappa shape index (κ2) is 5.27. The first kappa shape index (κ1) is 15.6. The van der Waals surface area contributed by atoms with Crippen LogP contribution in [0.15, 0.2) is 35.2 Å². The molecule has 4 rings (SSSR count). The molecule has 0 unspecified atom stereocenters. The van der Waals surface area contributed by atoms with E-state index < -0.39 is 11.7 Å². The summed E-state index contributed by atoms with van der Waals surface area (Å²) in [6.07, 6.45) is -1.77. The number of nitrogens with zero attached hydrogens (tertiary/aromatic N) is 5. The maximum absolute atomic E-state index is 13.5. The van der Waals surface area contributed by atoms with Crippen LogP contribution in [0.5, 0.6) is 0 Å². The molecule has 0 aliphatic rings. The molecule has 4 aromatic heterocycles. The Hall–Kier alpha value is -2.97. The minimum absolute atomic E-state index is 0.0129. The molecule has 0 aliphatic carbocycles. The van der Waals surface area contributed by atoms with Crippen molar-refractivity contribution in [3.05, 3.63) is 42.0 Å². The van der Waals surface area contributed by atoms with E-state index in [-0.39, 0.29) is 22.8 Å². The lowest BCUT2D eigenvalue weighted by atomic mass is 10.0. The second-order valence-corrected chi connectivity index (χ2v) is 5.92. The molecule has 25 heavy (non-hydrogen) atoms. The fourth-order valence-electron chi connectivity index (χ4n) is 2.67. The molecule has 0 radical (unpaired) electrons. The molecule has 0 fully saturated rings. The molecule has 6 nitrogen and oxygen atoms in total. The first-order valence-corrected chi connectivity index (χ1v) is 7.51. The zero-order chi connectivity index (χ0) is 17.8. The fourth-order valence-corrected chi connectivity index (χ4v) is 2.67. The molecular formula is C16H12F3N5O. The molecule has 128 valence electrons. The first-order chi connectivity index (χ1) is 11.8. The summed E-state index contributed by atoms with van der Waals surface area (Å²) in [4.78, 5) is 8.75. The van der Waals surface area contributed by atoms with Crippen molar-refractivity contribution < 1.29 is 17.6 Å².